The summed E-state index contributed by atoms with van der Waals surface area (Å²) < 4.78 is 12.9. The molecule has 0 atom stereocenters. The first kappa shape index (κ1) is 13.4. The average molecular weight is 258 g/mol. The van der Waals surface area contributed by atoms with Crippen molar-refractivity contribution in [1.29, 1.82) is 0 Å². The number of likely N-dealkylation sites (N-methyl/N-ethyl adjacent to an activating group) is 2. The molecule has 0 bridgehead atoms. The van der Waals surface area contributed by atoms with Gasteiger partial charge in [0.05, 0.1) is 0 Å². The van der Waals surface area contributed by atoms with Crippen molar-refractivity contribution in [3.8, 4) is 0 Å². The SMILES string of the molecule is CN(CCN(C)c1ccc(F)cc1)c1ccccc1. The molecule has 2 aromatic carbocycles. The van der Waals surface area contributed by atoms with E-state index in [0.717, 1.165) is 18.8 Å². The van der Waals surface area contributed by atoms with Gasteiger partial charge in [-0.05, 0) is 36.4 Å². The van der Waals surface area contributed by atoms with Gasteiger partial charge in [-0.15, -0.1) is 0 Å². The van der Waals surface area contributed by atoms with E-state index in [4.69, 9.17) is 0 Å². The summed E-state index contributed by atoms with van der Waals surface area (Å²) in [6.07, 6.45) is 0. The topological polar surface area (TPSA) is 6.48 Å². The molecular weight excluding hydrogens is 239 g/mol. The number of para-hydroxylation sites is 1. The quantitative estimate of drug-likeness (QED) is 0.811. The van der Waals surface area contributed by atoms with Crippen LogP contribution in [0.1, 0.15) is 0 Å². The second-order valence-electron chi connectivity index (χ2n) is 4.66. The van der Waals surface area contributed by atoms with Gasteiger partial charge in [0.25, 0.3) is 0 Å². The van der Waals surface area contributed by atoms with E-state index >= 15 is 0 Å². The van der Waals surface area contributed by atoms with Gasteiger partial charge >= 0.3 is 0 Å². The molecule has 0 saturated heterocycles. The standard InChI is InChI=1S/C16H19FN2/c1-18(15-6-4-3-5-7-15)12-13-19(2)16-10-8-14(17)9-11-16/h3-11H,12-13H2,1-2H3. The van der Waals surface area contributed by atoms with Crippen molar-refractivity contribution in [2.45, 2.75) is 0 Å². The minimum atomic E-state index is -0.196. The van der Waals surface area contributed by atoms with E-state index < -0.39 is 0 Å². The first-order valence-electron chi connectivity index (χ1n) is 6.40. The lowest BCUT2D eigenvalue weighted by Crippen LogP contribution is -2.30. The number of rotatable bonds is 5. The molecule has 0 aliphatic rings. The third-order valence-electron chi connectivity index (χ3n) is 3.24. The molecule has 0 unspecified atom stereocenters. The monoisotopic (exact) mass is 258 g/mol. The molecule has 2 nitrogen and oxygen atoms in total. The van der Waals surface area contributed by atoms with Crippen LogP contribution in [0.4, 0.5) is 15.8 Å². The van der Waals surface area contributed by atoms with E-state index in [1.807, 2.05) is 25.2 Å². The molecule has 0 heterocycles. The third kappa shape index (κ3) is 3.71. The van der Waals surface area contributed by atoms with E-state index in [1.165, 1.54) is 17.8 Å². The van der Waals surface area contributed by atoms with E-state index in [2.05, 4.69) is 29.0 Å². The summed E-state index contributed by atoms with van der Waals surface area (Å²) in [5.41, 5.74) is 2.23. The van der Waals surface area contributed by atoms with Gasteiger partial charge in [-0.1, -0.05) is 18.2 Å². The summed E-state index contributed by atoms with van der Waals surface area (Å²) in [4.78, 5) is 4.33. The molecule has 19 heavy (non-hydrogen) atoms. The van der Waals surface area contributed by atoms with Gasteiger partial charge in [-0.2, -0.15) is 0 Å². The Balaban J connectivity index is 1.90. The highest BCUT2D eigenvalue weighted by atomic mass is 19.1. The molecule has 0 fully saturated rings. The zero-order valence-corrected chi connectivity index (χ0v) is 11.4. The van der Waals surface area contributed by atoms with E-state index in [9.17, 15) is 4.39 Å². The predicted octanol–water partition coefficient (Wildman–Crippen LogP) is 3.40. The lowest BCUT2D eigenvalue weighted by Gasteiger charge is -2.25. The molecule has 0 aliphatic heterocycles. The molecule has 0 spiro atoms. The van der Waals surface area contributed by atoms with Crippen molar-refractivity contribution in [3.63, 3.8) is 0 Å². The first-order valence-corrected chi connectivity index (χ1v) is 6.40. The van der Waals surface area contributed by atoms with Gasteiger partial charge in [0, 0.05) is 38.6 Å². The number of benzene rings is 2. The van der Waals surface area contributed by atoms with Crippen LogP contribution in [0.15, 0.2) is 54.6 Å². The Morgan fingerprint density at radius 3 is 1.74 bits per heavy atom. The second kappa shape index (κ2) is 6.23. The predicted molar refractivity (Wildman–Crippen MR) is 79.4 cm³/mol. The first-order chi connectivity index (χ1) is 9.16. The average Bonchev–Trinajstić information content (AvgIpc) is 2.46. The zero-order valence-electron chi connectivity index (χ0n) is 11.4. The molecule has 100 valence electrons. The van der Waals surface area contributed by atoms with E-state index in [-0.39, 0.29) is 5.82 Å². The Morgan fingerprint density at radius 2 is 1.21 bits per heavy atom. The van der Waals surface area contributed by atoms with Crippen LogP contribution >= 0.6 is 0 Å². The third-order valence-corrected chi connectivity index (χ3v) is 3.24. The lowest BCUT2D eigenvalue weighted by molar-refractivity contribution is 0.627. The van der Waals surface area contributed by atoms with Crippen LogP contribution in [0.3, 0.4) is 0 Å². The highest BCUT2D eigenvalue weighted by Gasteiger charge is 2.04. The smallest absolute Gasteiger partial charge is 0.123 e. The minimum Gasteiger partial charge on any atom is -0.373 e. The number of hydrogen-bond acceptors (Lipinski definition) is 2. The summed E-state index contributed by atoms with van der Waals surface area (Å²) in [7, 11) is 4.10. The van der Waals surface area contributed by atoms with Gasteiger partial charge in [0.2, 0.25) is 0 Å². The summed E-state index contributed by atoms with van der Waals surface area (Å²) in [5, 5.41) is 0. The molecule has 0 radical (unpaired) electrons. The van der Waals surface area contributed by atoms with Crippen LogP contribution in [0, 0.1) is 5.82 Å². The van der Waals surface area contributed by atoms with Crippen LogP contribution in [0.25, 0.3) is 0 Å². The van der Waals surface area contributed by atoms with Crippen molar-refractivity contribution >= 4 is 11.4 Å². The van der Waals surface area contributed by atoms with Crippen LogP contribution < -0.4 is 9.80 Å². The maximum Gasteiger partial charge on any atom is 0.123 e. The highest BCUT2D eigenvalue weighted by molar-refractivity contribution is 5.47. The fourth-order valence-electron chi connectivity index (χ4n) is 1.94. The minimum absolute atomic E-state index is 0.196. The van der Waals surface area contributed by atoms with Gasteiger partial charge in [0.15, 0.2) is 0 Å². The Morgan fingerprint density at radius 1 is 0.737 bits per heavy atom. The van der Waals surface area contributed by atoms with Gasteiger partial charge in [-0.3, -0.25) is 0 Å². The van der Waals surface area contributed by atoms with Crippen molar-refractivity contribution in [1.82, 2.24) is 0 Å². The maximum absolute atomic E-state index is 12.9. The lowest BCUT2D eigenvalue weighted by atomic mass is 10.2. The summed E-state index contributed by atoms with van der Waals surface area (Å²) in [6.45, 7) is 1.80. The van der Waals surface area contributed by atoms with E-state index in [0.29, 0.717) is 0 Å². The van der Waals surface area contributed by atoms with E-state index in [1.54, 1.807) is 12.1 Å². The fourth-order valence-corrected chi connectivity index (χ4v) is 1.94. The summed E-state index contributed by atoms with van der Waals surface area (Å²) in [5.74, 6) is -0.196. The largest absolute Gasteiger partial charge is 0.373 e. The Hall–Kier alpha value is -2.03. The molecule has 0 aliphatic carbocycles. The molecular formula is C16H19FN2. The molecule has 0 amide bonds. The number of hydrogen-bond donors (Lipinski definition) is 0. The summed E-state index contributed by atoms with van der Waals surface area (Å²) in [6, 6.07) is 16.9. The van der Waals surface area contributed by atoms with Crippen molar-refractivity contribution in [2.24, 2.45) is 0 Å². The van der Waals surface area contributed by atoms with Gasteiger partial charge in [0.1, 0.15) is 5.82 Å². The number of halogens is 1. The summed E-state index contributed by atoms with van der Waals surface area (Å²) >= 11 is 0. The fraction of sp³-hybridized carbons (Fsp3) is 0.250. The zero-order chi connectivity index (χ0) is 13.7. The van der Waals surface area contributed by atoms with Crippen molar-refractivity contribution in [3.05, 3.63) is 60.4 Å². The Bertz CT molecular complexity index is 496. The van der Waals surface area contributed by atoms with Gasteiger partial charge in [-0.25, -0.2) is 4.39 Å². The molecule has 2 aromatic rings. The molecule has 0 saturated carbocycles. The van der Waals surface area contributed by atoms with Crippen molar-refractivity contribution < 1.29 is 4.39 Å². The number of nitrogens with zero attached hydrogens (tertiary/aromatic N) is 2. The van der Waals surface area contributed by atoms with Gasteiger partial charge < -0.3 is 9.80 Å². The Labute approximate surface area is 114 Å². The van der Waals surface area contributed by atoms with Crippen molar-refractivity contribution in [2.75, 3.05) is 37.0 Å². The molecule has 2 rings (SSSR count). The van der Waals surface area contributed by atoms with Crippen LogP contribution in [0.5, 0.6) is 0 Å². The second-order valence-corrected chi connectivity index (χ2v) is 4.66. The van der Waals surface area contributed by atoms with Crippen LogP contribution in [-0.2, 0) is 0 Å². The van der Waals surface area contributed by atoms with Crippen LogP contribution in [-0.4, -0.2) is 27.2 Å². The normalized spacial score (nSPS) is 10.3. The number of anilines is 2. The molecule has 0 aromatic heterocycles. The highest BCUT2D eigenvalue weighted by Crippen LogP contribution is 2.14. The van der Waals surface area contributed by atoms with Crippen LogP contribution in [0.2, 0.25) is 0 Å². The Kier molecular flexibility index (Phi) is 4.39. The maximum atomic E-state index is 12.9. The molecule has 0 N–H and O–H groups in total. The molecule has 3 heteroatoms.